The third-order valence-corrected chi connectivity index (χ3v) is 2.37. The Morgan fingerprint density at radius 2 is 2.00 bits per heavy atom. The van der Waals surface area contributed by atoms with Crippen molar-refractivity contribution < 1.29 is 9.66 Å². The molecule has 0 aliphatic heterocycles. The minimum Gasteiger partial charge on any atom is -0.424 e. The minimum atomic E-state index is -0.557. The first-order valence-electron chi connectivity index (χ1n) is 5.57. The van der Waals surface area contributed by atoms with Crippen LogP contribution in [-0.4, -0.2) is 21.9 Å². The van der Waals surface area contributed by atoms with E-state index in [1.807, 2.05) is 25.2 Å². The number of benzene rings is 1. The van der Waals surface area contributed by atoms with Crippen LogP contribution in [0.3, 0.4) is 0 Å². The highest BCUT2D eigenvalue weighted by Gasteiger charge is 2.09. The van der Waals surface area contributed by atoms with Crippen LogP contribution in [0.15, 0.2) is 36.7 Å². The summed E-state index contributed by atoms with van der Waals surface area (Å²) in [5, 5.41) is 13.5. The maximum Gasteiger partial charge on any atom is 0.322 e. The van der Waals surface area contributed by atoms with Crippen molar-refractivity contribution in [2.75, 3.05) is 7.05 Å². The van der Waals surface area contributed by atoms with Crippen LogP contribution in [-0.2, 0) is 6.54 Å². The Kier molecular flexibility index (Phi) is 3.99. The number of ether oxygens (including phenoxy) is 1. The quantitative estimate of drug-likeness (QED) is 0.652. The third-order valence-electron chi connectivity index (χ3n) is 2.37. The van der Waals surface area contributed by atoms with Crippen LogP contribution >= 0.6 is 0 Å². The van der Waals surface area contributed by atoms with Crippen molar-refractivity contribution in [1.29, 1.82) is 0 Å². The van der Waals surface area contributed by atoms with E-state index in [4.69, 9.17) is 4.74 Å². The molecular weight excluding hydrogens is 248 g/mol. The summed E-state index contributed by atoms with van der Waals surface area (Å²) in [6.07, 6.45) is 2.23. The van der Waals surface area contributed by atoms with Gasteiger partial charge in [0.05, 0.1) is 4.92 Å². The molecule has 7 heteroatoms. The molecule has 0 aliphatic carbocycles. The number of para-hydroxylation sites is 1. The van der Waals surface area contributed by atoms with Crippen molar-refractivity contribution in [3.63, 3.8) is 0 Å². The molecule has 1 heterocycles. The van der Waals surface area contributed by atoms with Crippen molar-refractivity contribution in [2.45, 2.75) is 6.54 Å². The number of nitrogens with zero attached hydrogens (tertiary/aromatic N) is 3. The van der Waals surface area contributed by atoms with E-state index >= 15 is 0 Å². The summed E-state index contributed by atoms with van der Waals surface area (Å²) in [4.78, 5) is 17.5. The molecule has 0 spiro atoms. The molecule has 0 unspecified atom stereocenters. The number of aromatic nitrogens is 2. The van der Waals surface area contributed by atoms with Gasteiger partial charge in [-0.1, -0.05) is 18.2 Å². The number of hydrogen-bond acceptors (Lipinski definition) is 6. The zero-order chi connectivity index (χ0) is 13.7. The lowest BCUT2D eigenvalue weighted by Gasteiger charge is -2.08. The first kappa shape index (κ1) is 12.9. The lowest BCUT2D eigenvalue weighted by atomic mass is 10.2. The monoisotopic (exact) mass is 260 g/mol. The van der Waals surface area contributed by atoms with Crippen molar-refractivity contribution in [1.82, 2.24) is 15.3 Å². The molecule has 0 amide bonds. The smallest absolute Gasteiger partial charge is 0.322 e. The van der Waals surface area contributed by atoms with Gasteiger partial charge in [0.15, 0.2) is 0 Å². The van der Waals surface area contributed by atoms with Crippen LogP contribution in [0.2, 0.25) is 0 Å². The molecule has 0 atom stereocenters. The van der Waals surface area contributed by atoms with E-state index in [0.29, 0.717) is 12.3 Å². The second-order valence-electron chi connectivity index (χ2n) is 3.72. The van der Waals surface area contributed by atoms with Crippen LogP contribution in [0, 0.1) is 10.1 Å². The number of nitrogens with one attached hydrogen (secondary N) is 1. The zero-order valence-corrected chi connectivity index (χ0v) is 10.2. The van der Waals surface area contributed by atoms with Gasteiger partial charge in [-0.2, -0.15) is 9.97 Å². The van der Waals surface area contributed by atoms with Crippen LogP contribution in [0.4, 0.5) is 5.69 Å². The number of hydrogen-bond donors (Lipinski definition) is 1. The largest absolute Gasteiger partial charge is 0.424 e. The number of rotatable bonds is 5. The minimum absolute atomic E-state index is 0.0779. The van der Waals surface area contributed by atoms with Gasteiger partial charge >= 0.3 is 11.7 Å². The van der Waals surface area contributed by atoms with E-state index in [2.05, 4.69) is 15.3 Å². The lowest BCUT2D eigenvalue weighted by molar-refractivity contribution is -0.385. The molecule has 0 fully saturated rings. The van der Waals surface area contributed by atoms with Crippen molar-refractivity contribution in [3.8, 4) is 11.8 Å². The lowest BCUT2D eigenvalue weighted by Crippen LogP contribution is -2.06. The van der Waals surface area contributed by atoms with Gasteiger partial charge in [0, 0.05) is 12.1 Å². The van der Waals surface area contributed by atoms with Crippen LogP contribution in [0.1, 0.15) is 5.56 Å². The van der Waals surface area contributed by atoms with Gasteiger partial charge in [0.25, 0.3) is 0 Å². The predicted molar refractivity (Wildman–Crippen MR) is 68.0 cm³/mol. The molecule has 1 N–H and O–H groups in total. The predicted octanol–water partition coefficient (Wildman–Crippen LogP) is 1.90. The zero-order valence-electron chi connectivity index (χ0n) is 10.2. The molecule has 98 valence electrons. The highest BCUT2D eigenvalue weighted by Crippen LogP contribution is 2.23. The molecule has 19 heavy (non-hydrogen) atoms. The molecule has 1 aromatic heterocycles. The summed E-state index contributed by atoms with van der Waals surface area (Å²) in [6.45, 7) is 0.642. The Morgan fingerprint density at radius 1 is 1.32 bits per heavy atom. The Hall–Kier alpha value is -2.54. The third kappa shape index (κ3) is 3.23. The molecule has 0 aliphatic rings. The van der Waals surface area contributed by atoms with Gasteiger partial charge in [-0.25, -0.2) is 0 Å². The second-order valence-corrected chi connectivity index (χ2v) is 3.72. The molecule has 0 saturated heterocycles. The van der Waals surface area contributed by atoms with Gasteiger partial charge in [0.2, 0.25) is 0 Å². The average Bonchev–Trinajstić information content (AvgIpc) is 2.42. The molecule has 0 radical (unpaired) electrons. The highest BCUT2D eigenvalue weighted by molar-refractivity contribution is 5.35. The second kappa shape index (κ2) is 5.87. The maximum absolute atomic E-state index is 10.5. The Morgan fingerprint density at radius 3 is 2.63 bits per heavy atom. The molecular formula is C12H12N4O3. The topological polar surface area (TPSA) is 90.2 Å². The van der Waals surface area contributed by atoms with E-state index in [-0.39, 0.29) is 11.7 Å². The summed E-state index contributed by atoms with van der Waals surface area (Å²) >= 11 is 0. The summed E-state index contributed by atoms with van der Waals surface area (Å²) in [5.41, 5.74) is 0.780. The summed E-state index contributed by atoms with van der Waals surface area (Å²) < 4.78 is 5.51. The fraction of sp³-hybridized carbons (Fsp3) is 0.167. The van der Waals surface area contributed by atoms with Gasteiger partial charge < -0.3 is 10.1 Å². The van der Waals surface area contributed by atoms with Crippen LogP contribution in [0.5, 0.6) is 11.8 Å². The first-order valence-corrected chi connectivity index (χ1v) is 5.57. The maximum atomic E-state index is 10.5. The van der Waals surface area contributed by atoms with Gasteiger partial charge in [0.1, 0.15) is 18.1 Å². The standard InChI is InChI=1S/C12H12N4O3/c1-13-6-9-4-2-3-5-11(9)19-12-14-7-10(8-15-12)16(17)18/h2-5,7-8,13H,6H2,1H3. The molecule has 0 bridgehead atoms. The van der Waals surface area contributed by atoms with Crippen LogP contribution < -0.4 is 10.1 Å². The fourth-order valence-corrected chi connectivity index (χ4v) is 1.49. The van der Waals surface area contributed by atoms with E-state index in [1.54, 1.807) is 6.07 Å². The van der Waals surface area contributed by atoms with Crippen LogP contribution in [0.25, 0.3) is 0 Å². The van der Waals surface area contributed by atoms with E-state index in [0.717, 1.165) is 18.0 Å². The van der Waals surface area contributed by atoms with E-state index in [1.165, 1.54) is 0 Å². The molecule has 2 aromatic rings. The molecule has 7 nitrogen and oxygen atoms in total. The normalized spacial score (nSPS) is 10.2. The molecule has 1 aromatic carbocycles. The molecule has 0 saturated carbocycles. The highest BCUT2D eigenvalue weighted by atomic mass is 16.6. The van der Waals surface area contributed by atoms with E-state index < -0.39 is 4.92 Å². The summed E-state index contributed by atoms with van der Waals surface area (Å²) in [5.74, 6) is 0.616. The Bertz CT molecular complexity index is 571. The number of nitro groups is 1. The SMILES string of the molecule is CNCc1ccccc1Oc1ncc([N+](=O)[O-])cn1. The molecule has 2 rings (SSSR count). The van der Waals surface area contributed by atoms with Crippen molar-refractivity contribution in [2.24, 2.45) is 0 Å². The summed E-state index contributed by atoms with van der Waals surface area (Å²) in [7, 11) is 1.83. The van der Waals surface area contributed by atoms with E-state index in [9.17, 15) is 10.1 Å². The Labute approximate surface area is 109 Å². The van der Waals surface area contributed by atoms with Crippen molar-refractivity contribution in [3.05, 3.63) is 52.3 Å². The van der Waals surface area contributed by atoms with Gasteiger partial charge in [-0.15, -0.1) is 0 Å². The fourth-order valence-electron chi connectivity index (χ4n) is 1.49. The Balaban J connectivity index is 2.19. The summed E-state index contributed by atoms with van der Waals surface area (Å²) in [6, 6.07) is 7.51. The first-order chi connectivity index (χ1) is 9.20. The van der Waals surface area contributed by atoms with Gasteiger partial charge in [-0.3, -0.25) is 10.1 Å². The van der Waals surface area contributed by atoms with Crippen molar-refractivity contribution >= 4 is 5.69 Å². The average molecular weight is 260 g/mol. The van der Waals surface area contributed by atoms with Gasteiger partial charge in [-0.05, 0) is 13.1 Å².